The molecule has 2 aromatic heterocycles. The lowest BCUT2D eigenvalue weighted by Gasteiger charge is -2.34. The van der Waals surface area contributed by atoms with E-state index in [9.17, 15) is 9.59 Å². The van der Waals surface area contributed by atoms with Gasteiger partial charge in [0.25, 0.3) is 5.56 Å². The average Bonchev–Trinajstić information content (AvgIpc) is 2.84. The molecule has 2 aromatic rings. The largest absolute Gasteiger partial charge is 0.336 e. The van der Waals surface area contributed by atoms with Crippen molar-refractivity contribution >= 4 is 16.9 Å². The summed E-state index contributed by atoms with van der Waals surface area (Å²) < 4.78 is 2.89. The number of aromatic nitrogens is 4. The zero-order valence-electron chi connectivity index (χ0n) is 12.1. The van der Waals surface area contributed by atoms with Crippen molar-refractivity contribution < 1.29 is 4.79 Å². The van der Waals surface area contributed by atoms with E-state index in [1.54, 1.807) is 16.6 Å². The first-order valence-corrected chi connectivity index (χ1v) is 6.95. The first-order valence-electron chi connectivity index (χ1n) is 6.95. The number of piperazine rings is 1. The second-order valence-electron chi connectivity index (χ2n) is 5.32. The molecule has 1 atom stereocenters. The van der Waals surface area contributed by atoms with E-state index in [4.69, 9.17) is 0 Å². The molecular formula is C13H18N6O2. The second kappa shape index (κ2) is 5.28. The minimum atomic E-state index is -0.232. The summed E-state index contributed by atoms with van der Waals surface area (Å²) in [5.41, 5.74) is 0.295. The van der Waals surface area contributed by atoms with Crippen LogP contribution in [-0.4, -0.2) is 55.8 Å². The van der Waals surface area contributed by atoms with E-state index in [0.29, 0.717) is 17.6 Å². The number of aryl methyl sites for hydroxylation is 1. The molecule has 1 saturated heterocycles. The third-order valence-corrected chi connectivity index (χ3v) is 3.85. The number of nitrogens with zero attached hydrogens (tertiary/aromatic N) is 5. The number of nitrogens with one attached hydrogen (secondary N) is 1. The summed E-state index contributed by atoms with van der Waals surface area (Å²) in [5.74, 6) is -0.0591. The molecule has 0 aliphatic carbocycles. The molecule has 3 heterocycles. The maximum absolute atomic E-state index is 12.4. The molecule has 1 fully saturated rings. The fourth-order valence-electron chi connectivity index (χ4n) is 2.63. The SMILES string of the molecule is C[C@H]1CNCCN1C(=O)Cn1cnc2c(cnn2C)c1=O. The molecule has 112 valence electrons. The molecule has 0 bridgehead atoms. The van der Waals surface area contributed by atoms with Crippen molar-refractivity contribution in [2.24, 2.45) is 7.05 Å². The predicted molar refractivity (Wildman–Crippen MR) is 76.8 cm³/mol. The van der Waals surface area contributed by atoms with Crippen molar-refractivity contribution in [3.63, 3.8) is 0 Å². The molecule has 0 radical (unpaired) electrons. The van der Waals surface area contributed by atoms with E-state index in [0.717, 1.165) is 13.1 Å². The van der Waals surface area contributed by atoms with Crippen LogP contribution in [0.1, 0.15) is 6.92 Å². The first kappa shape index (κ1) is 13.7. The van der Waals surface area contributed by atoms with E-state index in [1.807, 2.05) is 6.92 Å². The Bertz CT molecular complexity index is 734. The third-order valence-electron chi connectivity index (χ3n) is 3.85. The molecule has 0 saturated carbocycles. The number of fused-ring (bicyclic) bond motifs is 1. The Balaban J connectivity index is 1.86. The van der Waals surface area contributed by atoms with E-state index in [1.165, 1.54) is 17.1 Å². The lowest BCUT2D eigenvalue weighted by Crippen LogP contribution is -2.53. The van der Waals surface area contributed by atoms with Gasteiger partial charge in [-0.15, -0.1) is 0 Å². The molecule has 0 aromatic carbocycles. The number of rotatable bonds is 2. The van der Waals surface area contributed by atoms with Crippen LogP contribution in [0.25, 0.3) is 11.0 Å². The molecule has 8 nitrogen and oxygen atoms in total. The molecule has 1 N–H and O–H groups in total. The van der Waals surface area contributed by atoms with Gasteiger partial charge in [-0.25, -0.2) is 4.98 Å². The van der Waals surface area contributed by atoms with Gasteiger partial charge in [-0.3, -0.25) is 18.8 Å². The van der Waals surface area contributed by atoms with Gasteiger partial charge in [0.1, 0.15) is 18.3 Å². The van der Waals surface area contributed by atoms with Crippen molar-refractivity contribution in [3.05, 3.63) is 22.9 Å². The molecule has 0 spiro atoms. The second-order valence-corrected chi connectivity index (χ2v) is 5.32. The van der Waals surface area contributed by atoms with Crippen molar-refractivity contribution in [2.75, 3.05) is 19.6 Å². The van der Waals surface area contributed by atoms with Crippen LogP contribution in [0.4, 0.5) is 0 Å². The monoisotopic (exact) mass is 290 g/mol. The van der Waals surface area contributed by atoms with E-state index in [2.05, 4.69) is 15.4 Å². The van der Waals surface area contributed by atoms with Gasteiger partial charge in [-0.05, 0) is 6.92 Å². The highest BCUT2D eigenvalue weighted by molar-refractivity contribution is 5.77. The molecule has 1 amide bonds. The highest BCUT2D eigenvalue weighted by Crippen LogP contribution is 2.06. The molecular weight excluding hydrogens is 272 g/mol. The Hall–Kier alpha value is -2.22. The van der Waals surface area contributed by atoms with Gasteiger partial charge in [0, 0.05) is 32.7 Å². The number of carbonyl (C=O) groups is 1. The topological polar surface area (TPSA) is 85.1 Å². The summed E-state index contributed by atoms with van der Waals surface area (Å²) in [6.07, 6.45) is 2.90. The predicted octanol–water partition coefficient (Wildman–Crippen LogP) is -1.05. The molecule has 0 unspecified atom stereocenters. The van der Waals surface area contributed by atoms with Crippen molar-refractivity contribution in [2.45, 2.75) is 19.5 Å². The van der Waals surface area contributed by atoms with Gasteiger partial charge < -0.3 is 10.2 Å². The number of amides is 1. The van der Waals surface area contributed by atoms with Crippen molar-refractivity contribution in [1.29, 1.82) is 0 Å². The molecule has 3 rings (SSSR count). The minimum absolute atomic E-state index is 0.0149. The molecule has 1 aliphatic rings. The Morgan fingerprint density at radius 2 is 2.33 bits per heavy atom. The van der Waals surface area contributed by atoms with Gasteiger partial charge in [-0.1, -0.05) is 0 Å². The minimum Gasteiger partial charge on any atom is -0.336 e. The van der Waals surface area contributed by atoms with Crippen LogP contribution < -0.4 is 10.9 Å². The van der Waals surface area contributed by atoms with Crippen molar-refractivity contribution in [1.82, 2.24) is 29.5 Å². The van der Waals surface area contributed by atoms with Crippen LogP contribution >= 0.6 is 0 Å². The average molecular weight is 290 g/mol. The third kappa shape index (κ3) is 2.42. The van der Waals surface area contributed by atoms with Gasteiger partial charge in [0.05, 0.1) is 6.20 Å². The summed E-state index contributed by atoms with van der Waals surface area (Å²) in [7, 11) is 1.73. The van der Waals surface area contributed by atoms with Crippen LogP contribution in [0, 0.1) is 0 Å². The quantitative estimate of drug-likeness (QED) is 0.763. The van der Waals surface area contributed by atoms with Crippen molar-refractivity contribution in [3.8, 4) is 0 Å². The van der Waals surface area contributed by atoms with Crippen LogP contribution in [0.3, 0.4) is 0 Å². The lowest BCUT2D eigenvalue weighted by atomic mass is 10.2. The van der Waals surface area contributed by atoms with Crippen LogP contribution in [0.2, 0.25) is 0 Å². The fraction of sp³-hybridized carbons (Fsp3) is 0.538. The maximum Gasteiger partial charge on any atom is 0.264 e. The molecule has 8 heteroatoms. The Morgan fingerprint density at radius 3 is 3.10 bits per heavy atom. The molecule has 21 heavy (non-hydrogen) atoms. The number of hydrogen-bond acceptors (Lipinski definition) is 5. The van der Waals surface area contributed by atoms with Gasteiger partial charge in [0.2, 0.25) is 5.91 Å². The van der Waals surface area contributed by atoms with E-state index < -0.39 is 0 Å². The van der Waals surface area contributed by atoms with Gasteiger partial charge in [-0.2, -0.15) is 5.10 Å². The Kier molecular flexibility index (Phi) is 3.46. The molecule has 1 aliphatic heterocycles. The lowest BCUT2D eigenvalue weighted by molar-refractivity contribution is -0.134. The first-order chi connectivity index (χ1) is 10.1. The normalized spacial score (nSPS) is 19.1. The van der Waals surface area contributed by atoms with Gasteiger partial charge >= 0.3 is 0 Å². The highest BCUT2D eigenvalue weighted by atomic mass is 16.2. The summed E-state index contributed by atoms with van der Waals surface area (Å²) in [4.78, 5) is 30.7. The smallest absolute Gasteiger partial charge is 0.264 e. The van der Waals surface area contributed by atoms with Crippen LogP contribution in [-0.2, 0) is 18.4 Å². The standard InChI is InChI=1S/C13H18N6O2/c1-9-5-14-3-4-19(9)11(20)7-18-8-15-12-10(13(18)21)6-16-17(12)2/h6,8-9,14H,3-5,7H2,1-2H3/t9-/m0/s1. The highest BCUT2D eigenvalue weighted by Gasteiger charge is 2.23. The Labute approximate surface area is 121 Å². The summed E-state index contributed by atoms with van der Waals surface area (Å²) >= 11 is 0. The van der Waals surface area contributed by atoms with E-state index >= 15 is 0 Å². The van der Waals surface area contributed by atoms with E-state index in [-0.39, 0.29) is 24.1 Å². The number of hydrogen-bond donors (Lipinski definition) is 1. The van der Waals surface area contributed by atoms with Gasteiger partial charge in [0.15, 0.2) is 5.65 Å². The summed E-state index contributed by atoms with van der Waals surface area (Å²) in [5, 5.41) is 7.68. The fourth-order valence-corrected chi connectivity index (χ4v) is 2.63. The zero-order chi connectivity index (χ0) is 15.0. The van der Waals surface area contributed by atoms with Crippen LogP contribution in [0.15, 0.2) is 17.3 Å². The summed E-state index contributed by atoms with van der Waals surface area (Å²) in [6.45, 7) is 4.24. The summed E-state index contributed by atoms with van der Waals surface area (Å²) in [6, 6.07) is 0.136. The number of carbonyl (C=O) groups excluding carboxylic acids is 1. The van der Waals surface area contributed by atoms with Crippen LogP contribution in [0.5, 0.6) is 0 Å². The Morgan fingerprint density at radius 1 is 1.52 bits per heavy atom. The zero-order valence-corrected chi connectivity index (χ0v) is 12.1. The maximum atomic E-state index is 12.4.